The van der Waals surface area contributed by atoms with Crippen LogP contribution in [-0.2, 0) is 24.0 Å². The summed E-state index contributed by atoms with van der Waals surface area (Å²) in [5.41, 5.74) is 0.782. The summed E-state index contributed by atoms with van der Waals surface area (Å²) < 4.78 is 6.07. The number of likely N-dealkylation sites (tertiary alicyclic amines) is 1. The molecule has 2 N–H and O–H groups in total. The molecule has 1 atom stereocenters. The number of carbonyl (C=O) groups is 3. The van der Waals surface area contributed by atoms with Crippen molar-refractivity contribution >= 4 is 23.6 Å². The van der Waals surface area contributed by atoms with Crippen molar-refractivity contribution in [3.8, 4) is 0 Å². The van der Waals surface area contributed by atoms with E-state index in [1.165, 1.54) is 0 Å². The van der Waals surface area contributed by atoms with Crippen LogP contribution in [0.4, 0.5) is 0 Å². The molecule has 0 saturated carbocycles. The van der Waals surface area contributed by atoms with Gasteiger partial charge in [-0.15, -0.1) is 0 Å². The van der Waals surface area contributed by atoms with Gasteiger partial charge >= 0.3 is 17.9 Å². The van der Waals surface area contributed by atoms with Crippen molar-refractivity contribution in [2.45, 2.75) is 51.2 Å². The summed E-state index contributed by atoms with van der Waals surface area (Å²) >= 11 is 0. The van der Waals surface area contributed by atoms with Crippen LogP contribution in [0, 0.1) is 0 Å². The van der Waals surface area contributed by atoms with Gasteiger partial charge in [0.25, 0.3) is 0 Å². The highest BCUT2D eigenvalue weighted by Crippen LogP contribution is 2.37. The van der Waals surface area contributed by atoms with Gasteiger partial charge in [-0.2, -0.15) is 0 Å². The quantitative estimate of drug-likeness (QED) is 0.431. The average Bonchev–Trinajstić information content (AvgIpc) is 2.90. The largest absolute Gasteiger partial charge is 0.478 e. The molecule has 146 valence electrons. The number of carbonyl (C=O) groups excluding carboxylic acids is 1. The van der Waals surface area contributed by atoms with Crippen LogP contribution >= 0.6 is 0 Å². The number of piperidine rings is 1. The molecule has 9 nitrogen and oxygen atoms in total. The van der Waals surface area contributed by atoms with Crippen molar-refractivity contribution < 1.29 is 34.2 Å². The fourth-order valence-electron chi connectivity index (χ4n) is 2.70. The number of hydrogen-bond donors (Lipinski definition) is 2. The first kappa shape index (κ1) is 21.8. The van der Waals surface area contributed by atoms with Crippen molar-refractivity contribution in [3.63, 3.8) is 0 Å². The Labute approximate surface area is 152 Å². The third-order valence-corrected chi connectivity index (χ3v) is 4.22. The smallest absolute Gasteiger partial charge is 0.334 e. The highest BCUT2D eigenvalue weighted by Gasteiger charge is 2.44. The van der Waals surface area contributed by atoms with Crippen molar-refractivity contribution in [2.24, 2.45) is 5.16 Å². The predicted octanol–water partition coefficient (Wildman–Crippen LogP) is 1.28. The van der Waals surface area contributed by atoms with Gasteiger partial charge in [-0.3, -0.25) is 0 Å². The second kappa shape index (κ2) is 10.0. The SMILES string of the molecule is CCC(=O)ON=C1CC2(CCN(C)CC2)OC1C.O=C(O)C=CC(=O)O. The molecule has 0 amide bonds. The van der Waals surface area contributed by atoms with Gasteiger partial charge in [0.15, 0.2) is 0 Å². The van der Waals surface area contributed by atoms with Gasteiger partial charge in [0, 0.05) is 38.1 Å². The number of ether oxygens (including phenoxy) is 1. The summed E-state index contributed by atoms with van der Waals surface area (Å²) in [6.45, 7) is 5.84. The van der Waals surface area contributed by atoms with Crippen LogP contribution in [0.2, 0.25) is 0 Å². The van der Waals surface area contributed by atoms with Crippen LogP contribution in [0.15, 0.2) is 17.3 Å². The van der Waals surface area contributed by atoms with Crippen LogP contribution in [0.5, 0.6) is 0 Å². The summed E-state index contributed by atoms with van der Waals surface area (Å²) in [6.07, 6.45) is 4.26. The monoisotopic (exact) mass is 370 g/mol. The number of nitrogens with zero attached hydrogens (tertiary/aromatic N) is 2. The molecule has 0 bridgehead atoms. The number of hydrogen-bond acceptors (Lipinski definition) is 7. The van der Waals surface area contributed by atoms with Gasteiger partial charge in [-0.25, -0.2) is 14.4 Å². The second-order valence-corrected chi connectivity index (χ2v) is 6.33. The summed E-state index contributed by atoms with van der Waals surface area (Å²) in [5, 5.41) is 19.6. The fraction of sp³-hybridized carbons (Fsp3) is 0.647. The number of aliphatic carboxylic acids is 2. The third kappa shape index (κ3) is 7.32. The molecule has 2 fully saturated rings. The first-order chi connectivity index (χ1) is 12.2. The van der Waals surface area contributed by atoms with E-state index in [9.17, 15) is 14.4 Å². The van der Waals surface area contributed by atoms with E-state index in [2.05, 4.69) is 17.1 Å². The predicted molar refractivity (Wildman–Crippen MR) is 92.9 cm³/mol. The molecule has 2 saturated heterocycles. The van der Waals surface area contributed by atoms with Crippen LogP contribution in [0.3, 0.4) is 0 Å². The Bertz CT molecular complexity index is 562. The Kier molecular flexibility index (Phi) is 8.40. The number of rotatable bonds is 4. The average molecular weight is 370 g/mol. The molecule has 0 aromatic carbocycles. The first-order valence-electron chi connectivity index (χ1n) is 8.44. The number of oxime groups is 1. The standard InChI is InChI=1S/C13H22N2O3.C4H4O4/c1-4-12(16)18-14-11-9-13(17-10(11)2)5-7-15(3)8-6-13;5-3(6)1-2-4(7)8/h10H,4-9H2,1-3H3;1-2H,(H,5,6)(H,7,8). The van der Waals surface area contributed by atoms with E-state index in [4.69, 9.17) is 19.8 Å². The third-order valence-electron chi connectivity index (χ3n) is 4.22. The van der Waals surface area contributed by atoms with Gasteiger partial charge < -0.3 is 24.7 Å². The van der Waals surface area contributed by atoms with E-state index < -0.39 is 11.9 Å². The molecule has 1 unspecified atom stereocenters. The molecule has 26 heavy (non-hydrogen) atoms. The maximum Gasteiger partial charge on any atom is 0.334 e. The Balaban J connectivity index is 0.000000359. The van der Waals surface area contributed by atoms with Gasteiger partial charge in [-0.1, -0.05) is 12.1 Å². The molecular formula is C17H26N2O7. The molecule has 9 heteroatoms. The second-order valence-electron chi connectivity index (χ2n) is 6.33. The van der Waals surface area contributed by atoms with Crippen molar-refractivity contribution in [2.75, 3.05) is 20.1 Å². The molecular weight excluding hydrogens is 344 g/mol. The zero-order valence-corrected chi connectivity index (χ0v) is 15.3. The normalized spacial score (nSPS) is 23.7. The van der Waals surface area contributed by atoms with E-state index in [0.29, 0.717) is 18.6 Å². The highest BCUT2D eigenvalue weighted by atomic mass is 16.7. The van der Waals surface area contributed by atoms with Gasteiger partial charge in [0.05, 0.1) is 17.4 Å². The maximum atomic E-state index is 11.1. The van der Waals surface area contributed by atoms with Crippen LogP contribution in [0.25, 0.3) is 0 Å². The Morgan fingerprint density at radius 1 is 1.27 bits per heavy atom. The molecule has 0 aliphatic carbocycles. The molecule has 2 heterocycles. The summed E-state index contributed by atoms with van der Waals surface area (Å²) in [6, 6.07) is 0. The minimum absolute atomic E-state index is 0.0435. The van der Waals surface area contributed by atoms with Crippen LogP contribution < -0.4 is 0 Å². The molecule has 2 rings (SSSR count). The van der Waals surface area contributed by atoms with Gasteiger partial charge in [-0.05, 0) is 26.8 Å². The molecule has 1 spiro atoms. The Hall–Kier alpha value is -2.26. The lowest BCUT2D eigenvalue weighted by Crippen LogP contribution is -2.42. The molecule has 0 radical (unpaired) electrons. The zero-order valence-electron chi connectivity index (χ0n) is 15.3. The lowest BCUT2D eigenvalue weighted by atomic mass is 9.88. The van der Waals surface area contributed by atoms with E-state index in [0.717, 1.165) is 38.1 Å². The summed E-state index contributed by atoms with van der Waals surface area (Å²) in [5.74, 6) is -2.81. The van der Waals surface area contributed by atoms with E-state index in [-0.39, 0.29) is 17.7 Å². The lowest BCUT2D eigenvalue weighted by Gasteiger charge is -2.36. The van der Waals surface area contributed by atoms with Crippen LogP contribution in [0.1, 0.15) is 39.5 Å². The van der Waals surface area contributed by atoms with Gasteiger partial charge in [0.2, 0.25) is 0 Å². The minimum Gasteiger partial charge on any atom is -0.478 e. The molecule has 2 aliphatic rings. The van der Waals surface area contributed by atoms with Gasteiger partial charge in [0.1, 0.15) is 0 Å². The lowest BCUT2D eigenvalue weighted by molar-refractivity contribution is -0.143. The minimum atomic E-state index is -1.26. The topological polar surface area (TPSA) is 126 Å². The van der Waals surface area contributed by atoms with E-state index in [1.807, 2.05) is 6.92 Å². The Morgan fingerprint density at radius 3 is 2.27 bits per heavy atom. The van der Waals surface area contributed by atoms with E-state index >= 15 is 0 Å². The first-order valence-corrected chi connectivity index (χ1v) is 8.44. The highest BCUT2D eigenvalue weighted by molar-refractivity contribution is 5.91. The van der Waals surface area contributed by atoms with E-state index in [1.54, 1.807) is 6.92 Å². The zero-order chi connectivity index (χ0) is 19.7. The van der Waals surface area contributed by atoms with Crippen molar-refractivity contribution in [3.05, 3.63) is 12.2 Å². The summed E-state index contributed by atoms with van der Waals surface area (Å²) in [7, 11) is 2.13. The fourth-order valence-corrected chi connectivity index (χ4v) is 2.70. The number of carboxylic acid groups (broad SMARTS) is 2. The molecule has 2 aliphatic heterocycles. The van der Waals surface area contributed by atoms with Crippen molar-refractivity contribution in [1.82, 2.24) is 4.90 Å². The Morgan fingerprint density at radius 2 is 1.81 bits per heavy atom. The summed E-state index contributed by atoms with van der Waals surface area (Å²) in [4.78, 5) is 37.4. The van der Waals surface area contributed by atoms with Crippen LogP contribution in [-0.4, -0.2) is 70.6 Å². The molecule has 0 aromatic rings. The maximum absolute atomic E-state index is 11.1. The number of carboxylic acids is 2. The van der Waals surface area contributed by atoms with Crippen molar-refractivity contribution in [1.29, 1.82) is 0 Å². The molecule has 0 aromatic heterocycles.